The van der Waals surface area contributed by atoms with Gasteiger partial charge in [-0.15, -0.1) is 23.1 Å². The number of amides is 2. The van der Waals surface area contributed by atoms with Gasteiger partial charge >= 0.3 is 0 Å². The number of ether oxygens (including phenoxy) is 1. The number of hydrogen-bond acceptors (Lipinski definition) is 5. The van der Waals surface area contributed by atoms with Crippen LogP contribution in [0.25, 0.3) is 0 Å². The van der Waals surface area contributed by atoms with Crippen LogP contribution >= 0.6 is 23.1 Å². The summed E-state index contributed by atoms with van der Waals surface area (Å²) in [5.41, 5.74) is 1.07. The van der Waals surface area contributed by atoms with Crippen LogP contribution < -0.4 is 0 Å². The molecule has 0 N–H and O–H groups in total. The average molecular weight is 509 g/mol. The van der Waals surface area contributed by atoms with Crippen molar-refractivity contribution in [3.8, 4) is 0 Å². The Morgan fingerprint density at radius 2 is 1.69 bits per heavy atom. The van der Waals surface area contributed by atoms with Gasteiger partial charge in [-0.25, -0.2) is 0 Å². The van der Waals surface area contributed by atoms with Crippen molar-refractivity contribution >= 4 is 34.9 Å². The van der Waals surface area contributed by atoms with Crippen LogP contribution in [0.3, 0.4) is 0 Å². The highest BCUT2D eigenvalue weighted by Crippen LogP contribution is 2.21. The quantitative estimate of drug-likeness (QED) is 0.326. The number of hydrogen-bond donors (Lipinski definition) is 0. The molecule has 1 unspecified atom stereocenters. The van der Waals surface area contributed by atoms with E-state index in [0.29, 0.717) is 25.4 Å². The predicted molar refractivity (Wildman–Crippen MR) is 142 cm³/mol. The summed E-state index contributed by atoms with van der Waals surface area (Å²) in [7, 11) is 0. The highest BCUT2D eigenvalue weighted by atomic mass is 32.2. The minimum Gasteiger partial charge on any atom is -0.376 e. The van der Waals surface area contributed by atoms with Crippen LogP contribution in [0, 0.1) is 6.92 Å². The van der Waals surface area contributed by atoms with Crippen molar-refractivity contribution < 1.29 is 14.3 Å². The van der Waals surface area contributed by atoms with Gasteiger partial charge in [0.05, 0.1) is 24.9 Å². The van der Waals surface area contributed by atoms with E-state index in [-0.39, 0.29) is 24.5 Å². The van der Waals surface area contributed by atoms with E-state index in [0.717, 1.165) is 34.8 Å². The molecule has 4 rings (SSSR count). The lowest BCUT2D eigenvalue weighted by Gasteiger charge is -2.29. The van der Waals surface area contributed by atoms with Crippen LogP contribution in [0.15, 0.2) is 77.7 Å². The molecule has 184 valence electrons. The van der Waals surface area contributed by atoms with E-state index in [1.165, 1.54) is 16.6 Å². The molecule has 1 fully saturated rings. The summed E-state index contributed by atoms with van der Waals surface area (Å²) >= 11 is 3.21. The molecule has 3 aromatic rings. The fourth-order valence-corrected chi connectivity index (χ4v) is 5.83. The zero-order valence-electron chi connectivity index (χ0n) is 20.1. The third kappa shape index (κ3) is 7.95. The van der Waals surface area contributed by atoms with Crippen molar-refractivity contribution in [1.29, 1.82) is 0 Å². The van der Waals surface area contributed by atoms with E-state index < -0.39 is 0 Å². The highest BCUT2D eigenvalue weighted by molar-refractivity contribution is 8.00. The summed E-state index contributed by atoms with van der Waals surface area (Å²) in [5.74, 6) is 0.220. The number of aryl methyl sites for hydroxylation is 1. The average Bonchev–Trinajstić information content (AvgIpc) is 3.54. The molecule has 1 atom stereocenters. The van der Waals surface area contributed by atoms with Crippen LogP contribution in [-0.2, 0) is 27.4 Å². The second kappa shape index (κ2) is 12.9. The molecule has 35 heavy (non-hydrogen) atoms. The maximum absolute atomic E-state index is 13.6. The molecular formula is C28H32N2O3S2. The third-order valence-electron chi connectivity index (χ3n) is 5.94. The van der Waals surface area contributed by atoms with Gasteiger partial charge in [-0.2, -0.15) is 0 Å². The summed E-state index contributed by atoms with van der Waals surface area (Å²) in [6, 6.07) is 24.1. The van der Waals surface area contributed by atoms with Crippen LogP contribution in [0.2, 0.25) is 0 Å². The molecule has 0 radical (unpaired) electrons. The first-order chi connectivity index (χ1) is 17.1. The summed E-state index contributed by atoms with van der Waals surface area (Å²) < 4.78 is 5.81. The number of carbonyl (C=O) groups is 2. The largest absolute Gasteiger partial charge is 0.376 e. The molecule has 1 saturated heterocycles. The lowest BCUT2D eigenvalue weighted by molar-refractivity contribution is -0.141. The molecule has 2 aromatic carbocycles. The van der Waals surface area contributed by atoms with Crippen LogP contribution in [-0.4, -0.2) is 53.2 Å². The van der Waals surface area contributed by atoms with Gasteiger partial charge < -0.3 is 14.5 Å². The maximum atomic E-state index is 13.6. The molecule has 0 spiro atoms. The van der Waals surface area contributed by atoms with Gasteiger partial charge in [0.2, 0.25) is 11.8 Å². The number of benzene rings is 2. The SMILES string of the molecule is Cc1ccc(CN(Cc2ccccc2)C(=O)CN(CC2CCCO2)C(=O)CSc2ccccc2)s1. The second-order valence-electron chi connectivity index (χ2n) is 8.76. The summed E-state index contributed by atoms with van der Waals surface area (Å²) in [5, 5.41) is 0. The van der Waals surface area contributed by atoms with Crippen LogP contribution in [0.5, 0.6) is 0 Å². The van der Waals surface area contributed by atoms with Gasteiger partial charge in [0, 0.05) is 34.3 Å². The molecule has 2 amide bonds. The third-order valence-corrected chi connectivity index (χ3v) is 7.93. The zero-order valence-corrected chi connectivity index (χ0v) is 21.7. The molecule has 2 heterocycles. The highest BCUT2D eigenvalue weighted by Gasteiger charge is 2.26. The first-order valence-electron chi connectivity index (χ1n) is 12.0. The molecule has 1 aliphatic rings. The second-order valence-corrected chi connectivity index (χ2v) is 11.2. The first-order valence-corrected chi connectivity index (χ1v) is 13.8. The Kier molecular flexibility index (Phi) is 9.40. The van der Waals surface area contributed by atoms with Crippen molar-refractivity contribution in [1.82, 2.24) is 9.80 Å². The molecule has 1 aliphatic heterocycles. The molecular weight excluding hydrogens is 476 g/mol. The molecule has 7 heteroatoms. The van der Waals surface area contributed by atoms with Crippen molar-refractivity contribution in [2.75, 3.05) is 25.4 Å². The van der Waals surface area contributed by atoms with E-state index in [9.17, 15) is 9.59 Å². The van der Waals surface area contributed by atoms with Gasteiger partial charge in [0.1, 0.15) is 0 Å². The van der Waals surface area contributed by atoms with Crippen molar-refractivity contribution in [3.63, 3.8) is 0 Å². The summed E-state index contributed by atoms with van der Waals surface area (Å²) in [6.07, 6.45) is 1.92. The molecule has 5 nitrogen and oxygen atoms in total. The van der Waals surface area contributed by atoms with Crippen LogP contribution in [0.1, 0.15) is 28.2 Å². The Morgan fingerprint density at radius 3 is 2.34 bits per heavy atom. The summed E-state index contributed by atoms with van der Waals surface area (Å²) in [6.45, 7) is 4.36. The number of thioether (sulfide) groups is 1. The predicted octanol–water partition coefficient (Wildman–Crippen LogP) is 5.39. The molecule has 1 aromatic heterocycles. The standard InChI is InChI=1S/C28H32N2O3S2/c1-22-14-15-26(35-22)19-29(17-23-9-4-2-5-10-23)27(31)20-30(18-24-11-8-16-33-24)28(32)21-34-25-12-6-3-7-13-25/h2-7,9-10,12-15,24H,8,11,16-21H2,1H3. The Morgan fingerprint density at radius 1 is 0.943 bits per heavy atom. The monoisotopic (exact) mass is 508 g/mol. The van der Waals surface area contributed by atoms with E-state index >= 15 is 0 Å². The molecule has 0 aliphatic carbocycles. The van der Waals surface area contributed by atoms with Gasteiger partial charge in [-0.05, 0) is 49.6 Å². The van der Waals surface area contributed by atoms with Crippen LogP contribution in [0.4, 0.5) is 0 Å². The number of carbonyl (C=O) groups excluding carboxylic acids is 2. The Balaban J connectivity index is 1.47. The van der Waals surface area contributed by atoms with E-state index in [1.54, 1.807) is 16.2 Å². The van der Waals surface area contributed by atoms with E-state index in [2.05, 4.69) is 19.1 Å². The summed E-state index contributed by atoms with van der Waals surface area (Å²) in [4.78, 5) is 33.8. The lowest BCUT2D eigenvalue weighted by atomic mass is 10.2. The number of rotatable bonds is 11. The minimum atomic E-state index is -0.0454. The van der Waals surface area contributed by atoms with Gasteiger partial charge in [-0.3, -0.25) is 9.59 Å². The van der Waals surface area contributed by atoms with Crippen molar-refractivity contribution in [3.05, 3.63) is 88.1 Å². The zero-order chi connectivity index (χ0) is 24.5. The van der Waals surface area contributed by atoms with Crippen molar-refractivity contribution in [2.45, 2.75) is 43.9 Å². The van der Waals surface area contributed by atoms with Gasteiger partial charge in [-0.1, -0.05) is 48.5 Å². The Bertz CT molecular complexity index is 1080. The van der Waals surface area contributed by atoms with Crippen molar-refractivity contribution in [2.24, 2.45) is 0 Å². The minimum absolute atomic E-state index is 0.00371. The topological polar surface area (TPSA) is 49.9 Å². The van der Waals surface area contributed by atoms with E-state index in [4.69, 9.17) is 4.74 Å². The van der Waals surface area contributed by atoms with Gasteiger partial charge in [0.15, 0.2) is 0 Å². The van der Waals surface area contributed by atoms with E-state index in [1.807, 2.05) is 65.6 Å². The fourth-order valence-electron chi connectivity index (χ4n) is 4.10. The molecule has 0 bridgehead atoms. The number of nitrogens with zero attached hydrogens (tertiary/aromatic N) is 2. The Labute approximate surface area is 216 Å². The fraction of sp³-hybridized carbons (Fsp3) is 0.357. The normalized spacial score (nSPS) is 15.2. The first kappa shape index (κ1) is 25.5. The van der Waals surface area contributed by atoms with Gasteiger partial charge in [0.25, 0.3) is 0 Å². The maximum Gasteiger partial charge on any atom is 0.242 e. The lowest BCUT2D eigenvalue weighted by Crippen LogP contribution is -2.45. The molecule has 0 saturated carbocycles. The Hall–Kier alpha value is -2.61. The number of thiophene rings is 1. The smallest absolute Gasteiger partial charge is 0.242 e.